The number of benzene rings is 2. The summed E-state index contributed by atoms with van der Waals surface area (Å²) in [4.78, 5) is 7.89. The van der Waals surface area contributed by atoms with E-state index in [0.29, 0.717) is 28.5 Å². The fraction of sp³-hybridized carbons (Fsp3) is 0.469. The van der Waals surface area contributed by atoms with Gasteiger partial charge in [0.15, 0.2) is 0 Å². The lowest BCUT2D eigenvalue weighted by Crippen LogP contribution is -2.36. The molecule has 0 fully saturated rings. The number of ether oxygens (including phenoxy) is 1. The molecule has 0 bridgehead atoms. The van der Waals surface area contributed by atoms with Crippen LogP contribution in [0.2, 0.25) is 0 Å². The minimum atomic E-state index is 0.351. The SMILES string of the molecule is CC(CCOc1ccc(N=Nc2cc3sc(N=Nc4ccc(N(C(C)C)C(C)C)cc4)nc3s2)cc1)CC(C)(C)C. The quantitative estimate of drug-likeness (QED) is 0.154. The first-order valence-corrected chi connectivity index (χ1v) is 16.0. The lowest BCUT2D eigenvalue weighted by Gasteiger charge is -2.33. The minimum Gasteiger partial charge on any atom is -0.494 e. The van der Waals surface area contributed by atoms with E-state index in [1.807, 2.05) is 42.5 Å². The highest BCUT2D eigenvalue weighted by atomic mass is 32.1. The molecule has 0 saturated carbocycles. The molecule has 0 amide bonds. The average molecular weight is 591 g/mol. The third-order valence-corrected chi connectivity index (χ3v) is 8.45. The molecule has 41 heavy (non-hydrogen) atoms. The number of aromatic nitrogens is 1. The maximum Gasteiger partial charge on any atom is 0.231 e. The molecule has 0 spiro atoms. The summed E-state index contributed by atoms with van der Waals surface area (Å²) in [5.41, 5.74) is 3.13. The Morgan fingerprint density at radius 1 is 0.805 bits per heavy atom. The van der Waals surface area contributed by atoms with Gasteiger partial charge in [-0.25, -0.2) is 4.98 Å². The van der Waals surface area contributed by atoms with Crippen LogP contribution < -0.4 is 9.64 Å². The second kappa shape index (κ2) is 13.7. The van der Waals surface area contributed by atoms with Crippen molar-refractivity contribution in [3.8, 4) is 5.75 Å². The van der Waals surface area contributed by atoms with Gasteiger partial charge in [-0.2, -0.15) is 0 Å². The van der Waals surface area contributed by atoms with Gasteiger partial charge in [0.2, 0.25) is 5.13 Å². The van der Waals surface area contributed by atoms with E-state index in [2.05, 4.69) is 97.9 Å². The van der Waals surface area contributed by atoms with Crippen molar-refractivity contribution in [1.29, 1.82) is 0 Å². The third-order valence-electron chi connectivity index (χ3n) is 6.52. The highest BCUT2D eigenvalue weighted by Crippen LogP contribution is 2.39. The lowest BCUT2D eigenvalue weighted by atomic mass is 9.84. The van der Waals surface area contributed by atoms with Crippen molar-refractivity contribution < 1.29 is 4.74 Å². The maximum absolute atomic E-state index is 5.93. The summed E-state index contributed by atoms with van der Waals surface area (Å²) in [6, 6.07) is 18.8. The minimum absolute atomic E-state index is 0.351. The predicted molar refractivity (Wildman–Crippen MR) is 175 cm³/mol. The van der Waals surface area contributed by atoms with Crippen molar-refractivity contribution in [2.24, 2.45) is 31.8 Å². The molecule has 4 rings (SSSR count). The zero-order valence-corrected chi connectivity index (χ0v) is 27.1. The van der Waals surface area contributed by atoms with Crippen molar-refractivity contribution in [2.45, 2.75) is 80.3 Å². The molecular formula is C32H42N6OS2. The monoisotopic (exact) mass is 590 g/mol. The Hall–Kier alpha value is -3.17. The van der Waals surface area contributed by atoms with E-state index >= 15 is 0 Å². The Kier molecular flexibility index (Phi) is 10.3. The summed E-state index contributed by atoms with van der Waals surface area (Å²) in [7, 11) is 0. The van der Waals surface area contributed by atoms with Gasteiger partial charge in [0.1, 0.15) is 15.6 Å². The lowest BCUT2D eigenvalue weighted by molar-refractivity contribution is 0.240. The molecule has 0 aliphatic carbocycles. The van der Waals surface area contributed by atoms with Crippen molar-refractivity contribution in [2.75, 3.05) is 11.5 Å². The zero-order chi connectivity index (χ0) is 29.6. The van der Waals surface area contributed by atoms with E-state index in [1.54, 1.807) is 0 Å². The van der Waals surface area contributed by atoms with Crippen LogP contribution in [0.15, 0.2) is 75.1 Å². The van der Waals surface area contributed by atoms with Crippen LogP contribution in [0, 0.1) is 11.3 Å². The first-order valence-electron chi connectivity index (χ1n) is 14.3. The fourth-order valence-electron chi connectivity index (χ4n) is 5.03. The number of rotatable bonds is 12. The Bertz CT molecular complexity index is 1410. The van der Waals surface area contributed by atoms with Gasteiger partial charge >= 0.3 is 0 Å². The van der Waals surface area contributed by atoms with Gasteiger partial charge in [0, 0.05) is 17.8 Å². The first kappa shape index (κ1) is 30.8. The molecule has 2 aromatic carbocycles. The molecule has 0 aliphatic rings. The van der Waals surface area contributed by atoms with Crippen LogP contribution in [0.5, 0.6) is 5.75 Å². The number of thiophene rings is 1. The van der Waals surface area contributed by atoms with Gasteiger partial charge in [0.25, 0.3) is 0 Å². The molecule has 7 nitrogen and oxygen atoms in total. The molecule has 0 saturated heterocycles. The van der Waals surface area contributed by atoms with Crippen LogP contribution in [-0.2, 0) is 0 Å². The summed E-state index contributed by atoms with van der Waals surface area (Å²) in [6.07, 6.45) is 2.25. The Balaban J connectivity index is 1.30. The second-order valence-electron chi connectivity index (χ2n) is 12.3. The van der Waals surface area contributed by atoms with E-state index in [1.165, 1.54) is 34.8 Å². The maximum atomic E-state index is 5.93. The predicted octanol–water partition coefficient (Wildman–Crippen LogP) is 11.7. The van der Waals surface area contributed by atoms with E-state index in [9.17, 15) is 0 Å². The molecule has 0 aliphatic heterocycles. The molecule has 218 valence electrons. The van der Waals surface area contributed by atoms with Crippen LogP contribution in [0.4, 0.5) is 27.2 Å². The second-order valence-corrected chi connectivity index (χ2v) is 14.3. The topological polar surface area (TPSA) is 74.8 Å². The molecule has 0 N–H and O–H groups in total. The average Bonchev–Trinajstić information content (AvgIpc) is 3.45. The number of anilines is 1. The summed E-state index contributed by atoms with van der Waals surface area (Å²) in [6.45, 7) is 18.7. The normalized spacial score (nSPS) is 13.3. The molecule has 1 unspecified atom stereocenters. The summed E-state index contributed by atoms with van der Waals surface area (Å²) < 4.78 is 6.96. The Morgan fingerprint density at radius 3 is 2.00 bits per heavy atom. The van der Waals surface area contributed by atoms with Crippen LogP contribution in [0.3, 0.4) is 0 Å². The molecule has 1 atom stereocenters. The van der Waals surface area contributed by atoms with Crippen LogP contribution in [0.25, 0.3) is 9.53 Å². The van der Waals surface area contributed by atoms with Crippen LogP contribution >= 0.6 is 22.7 Å². The van der Waals surface area contributed by atoms with Gasteiger partial charge in [0.05, 0.1) is 22.7 Å². The molecule has 4 aromatic rings. The molecular weight excluding hydrogens is 549 g/mol. The number of fused-ring (bicyclic) bond motifs is 1. The van der Waals surface area contributed by atoms with E-state index < -0.39 is 0 Å². The molecule has 0 radical (unpaired) electrons. The number of nitrogens with zero attached hydrogens (tertiary/aromatic N) is 6. The molecule has 2 heterocycles. The Labute approximate surface area is 252 Å². The van der Waals surface area contributed by atoms with Crippen LogP contribution in [-0.4, -0.2) is 23.7 Å². The standard InChI is InChI=1S/C32H42N6OS2/c1-21(2)38(22(3)4)26-13-9-24(10-14-26)35-37-31-33-30-28(40-31)19-29(41-30)36-34-25-11-15-27(16-12-25)39-18-17-23(5)20-32(6,7)8/h9-16,19,21-23H,17-18,20H2,1-8H3. The van der Waals surface area contributed by atoms with E-state index in [0.717, 1.165) is 44.7 Å². The van der Waals surface area contributed by atoms with Crippen molar-refractivity contribution in [3.63, 3.8) is 0 Å². The summed E-state index contributed by atoms with van der Waals surface area (Å²) in [5.74, 6) is 1.50. The van der Waals surface area contributed by atoms with Crippen molar-refractivity contribution >= 4 is 59.4 Å². The number of hydrogen-bond acceptors (Lipinski definition) is 9. The largest absolute Gasteiger partial charge is 0.494 e. The number of hydrogen-bond donors (Lipinski definition) is 0. The first-order chi connectivity index (χ1) is 19.5. The van der Waals surface area contributed by atoms with Gasteiger partial charge in [-0.3, -0.25) is 0 Å². The summed E-state index contributed by atoms with van der Waals surface area (Å²) >= 11 is 3.00. The third kappa shape index (κ3) is 9.16. The fourth-order valence-corrected chi connectivity index (χ4v) is 6.88. The van der Waals surface area contributed by atoms with Gasteiger partial charge in [-0.05, 0) is 106 Å². The molecule has 2 aromatic heterocycles. The highest BCUT2D eigenvalue weighted by molar-refractivity contribution is 7.30. The van der Waals surface area contributed by atoms with Gasteiger partial charge in [-0.1, -0.05) is 50.4 Å². The van der Waals surface area contributed by atoms with E-state index in [-0.39, 0.29) is 0 Å². The zero-order valence-electron chi connectivity index (χ0n) is 25.5. The summed E-state index contributed by atoms with van der Waals surface area (Å²) in [5, 5.41) is 19.0. The smallest absolute Gasteiger partial charge is 0.231 e. The number of azo groups is 2. The van der Waals surface area contributed by atoms with Gasteiger partial charge in [-0.15, -0.1) is 20.5 Å². The van der Waals surface area contributed by atoms with Crippen molar-refractivity contribution in [1.82, 2.24) is 4.98 Å². The highest BCUT2D eigenvalue weighted by Gasteiger charge is 2.16. The van der Waals surface area contributed by atoms with Gasteiger partial charge < -0.3 is 9.64 Å². The number of thiazole rings is 1. The Morgan fingerprint density at radius 2 is 1.41 bits per heavy atom. The van der Waals surface area contributed by atoms with E-state index in [4.69, 9.17) is 4.74 Å². The van der Waals surface area contributed by atoms with Crippen LogP contribution in [0.1, 0.15) is 68.2 Å². The molecule has 9 heteroatoms. The van der Waals surface area contributed by atoms with Crippen molar-refractivity contribution in [3.05, 3.63) is 54.6 Å².